The number of rotatable bonds is 25. The molecule has 2 amide bonds. The van der Waals surface area contributed by atoms with E-state index in [0.29, 0.717) is 7.05 Å². The summed E-state index contributed by atoms with van der Waals surface area (Å²) in [5.41, 5.74) is 0. The Bertz CT molecular complexity index is 2120. The van der Waals surface area contributed by atoms with E-state index in [4.69, 9.17) is 5.11 Å². The van der Waals surface area contributed by atoms with Gasteiger partial charge in [0.15, 0.2) is 0 Å². The normalized spacial score (nSPS) is 18.3. The molecule has 16 nitrogen and oxygen atoms in total. The Kier molecular flexibility index (Phi) is 21.9. The molecule has 0 spiro atoms. The number of aliphatic hydroxyl groups excluding tert-OH is 2. The summed E-state index contributed by atoms with van der Waals surface area (Å²) in [4.78, 5) is 63.3. The number of aliphatic hydroxyl groups is 2. The molecule has 0 radical (unpaired) electrons. The molecule has 79 heavy (non-hydrogen) atoms. The van der Waals surface area contributed by atoms with Crippen LogP contribution < -0.4 is 0 Å². The highest BCUT2D eigenvalue weighted by molar-refractivity contribution is 5.87. The molecule has 1 fully saturated rings. The first-order valence-corrected chi connectivity index (χ1v) is 21.0. The molecule has 1 heterocycles. The highest BCUT2D eigenvalue weighted by Crippen LogP contribution is 2.68. The van der Waals surface area contributed by atoms with Gasteiger partial charge in [-0.3, -0.25) is 48.5 Å². The maximum Gasteiger partial charge on any atom is 0.460 e. The third kappa shape index (κ3) is 13.3. The van der Waals surface area contributed by atoms with Crippen molar-refractivity contribution < 1.29 is 168 Å². The molecular weight excluding hydrogens is 1190 g/mol. The Hall–Kier alpha value is -4.78. The number of carboxylic acids is 3. The zero-order valence-corrected chi connectivity index (χ0v) is 39.2. The van der Waals surface area contributed by atoms with Crippen LogP contribution in [-0.2, 0) is 24.0 Å². The van der Waals surface area contributed by atoms with E-state index in [1.54, 1.807) is 0 Å². The fraction of sp³-hybridized carbons (Fsp3) is 0.861. The summed E-state index contributed by atoms with van der Waals surface area (Å²) in [6.45, 7) is -11.5. The summed E-state index contributed by atoms with van der Waals surface area (Å²) in [5.74, 6) is -115. The van der Waals surface area contributed by atoms with Crippen molar-refractivity contribution >= 4 is 29.7 Å². The Balaban J connectivity index is 3.88. The lowest BCUT2D eigenvalue weighted by Gasteiger charge is -2.46. The number of amides is 2. The van der Waals surface area contributed by atoms with Crippen LogP contribution in [0.4, 0.5) is 119 Å². The van der Waals surface area contributed by atoms with Crippen LogP contribution in [0.3, 0.4) is 0 Å². The first-order valence-electron chi connectivity index (χ1n) is 21.0. The molecule has 0 aliphatic carbocycles. The second kappa shape index (κ2) is 24.0. The molecule has 0 aromatic rings. The predicted molar refractivity (Wildman–Crippen MR) is 201 cm³/mol. The van der Waals surface area contributed by atoms with Crippen LogP contribution in [0, 0.1) is 0 Å². The van der Waals surface area contributed by atoms with Gasteiger partial charge in [-0.15, -0.1) is 0 Å². The fourth-order valence-corrected chi connectivity index (χ4v) is 6.78. The summed E-state index contributed by atoms with van der Waals surface area (Å²) in [6, 6.07) is -9.77. The van der Waals surface area contributed by atoms with E-state index in [2.05, 4.69) is 0 Å². The maximum absolute atomic E-state index is 15.6. The SMILES string of the molecule is CC(C(=O)N(C)CC(=O)N(CC(O)CO)C(F)(F)C(F)(F)C(F)(F)C(F)(F)C(F)(F)C(F)(F)C(F)(F)C(F)(F)C(F)(F)C(F)(F)C(F)(F)C(F)(F)C(F)(F)F)N1CCN(CC(=O)O)CCN(CC(=O)O)CCN(CC(=O)O)CC1. The highest BCUT2D eigenvalue weighted by atomic mass is 19.4. The molecule has 1 saturated heterocycles. The van der Waals surface area contributed by atoms with Crippen LogP contribution in [0.15, 0.2) is 0 Å². The van der Waals surface area contributed by atoms with Gasteiger partial charge < -0.3 is 30.4 Å². The van der Waals surface area contributed by atoms with E-state index < -0.39 is 190 Å². The van der Waals surface area contributed by atoms with Crippen LogP contribution >= 0.6 is 0 Å². The standard InChI is InChI=1S/C36H41F27N6O10/c1-17(68-9-7-66(14-21(75)76)5-3-65(13-20(73)74)4-6-67(8-10-68)15-22(77)78)23(79)64(2)12-19(72)69(11-18(71)16-70)36(62,63)34(57,58)32(53,54)30(49,50)28(45,46)26(41,42)24(37,38)25(39,40)27(43,44)29(47,48)31(51,52)33(55,56)35(59,60)61/h17-18,70-71H,3-16H2,1-2H3,(H,73,74)(H,75,76)(H,77,78). The van der Waals surface area contributed by atoms with E-state index in [0.717, 1.165) is 21.6 Å². The van der Waals surface area contributed by atoms with Gasteiger partial charge in [-0.25, -0.2) is 0 Å². The van der Waals surface area contributed by atoms with Crippen LogP contribution in [0.5, 0.6) is 0 Å². The monoisotopic (exact) mass is 1230 g/mol. The third-order valence-electron chi connectivity index (χ3n) is 11.5. The van der Waals surface area contributed by atoms with Crippen molar-refractivity contribution in [2.75, 3.05) is 98.7 Å². The molecule has 5 N–H and O–H groups in total. The maximum atomic E-state index is 15.6. The van der Waals surface area contributed by atoms with Gasteiger partial charge in [0.1, 0.15) is 0 Å². The summed E-state index contributed by atoms with van der Waals surface area (Å²) >= 11 is 0. The van der Waals surface area contributed by atoms with Crippen LogP contribution in [0.2, 0.25) is 0 Å². The average molecular weight is 1230 g/mol. The van der Waals surface area contributed by atoms with Gasteiger partial charge >= 0.3 is 95.3 Å². The number of alkyl halides is 27. The van der Waals surface area contributed by atoms with Crippen LogP contribution in [-0.4, -0.2) is 273 Å². The lowest BCUT2D eigenvalue weighted by atomic mass is 9.84. The lowest BCUT2D eigenvalue weighted by molar-refractivity contribution is -0.486. The minimum Gasteiger partial charge on any atom is -0.480 e. The van der Waals surface area contributed by atoms with Crippen molar-refractivity contribution in [3.05, 3.63) is 0 Å². The Labute approximate surface area is 422 Å². The van der Waals surface area contributed by atoms with Crippen molar-refractivity contribution in [3.8, 4) is 0 Å². The summed E-state index contributed by atoms with van der Waals surface area (Å²) in [6.07, 6.45) is -11.6. The zero-order valence-electron chi connectivity index (χ0n) is 39.2. The largest absolute Gasteiger partial charge is 0.480 e. The van der Waals surface area contributed by atoms with Gasteiger partial charge in [0.25, 0.3) is 0 Å². The van der Waals surface area contributed by atoms with Crippen molar-refractivity contribution in [2.45, 2.75) is 96.4 Å². The second-order valence-corrected chi connectivity index (χ2v) is 17.1. The smallest absolute Gasteiger partial charge is 0.460 e. The molecule has 464 valence electrons. The molecule has 0 aromatic heterocycles. The third-order valence-corrected chi connectivity index (χ3v) is 11.5. The van der Waals surface area contributed by atoms with Gasteiger partial charge in [-0.05, 0) is 6.92 Å². The Morgan fingerprint density at radius 2 is 0.696 bits per heavy atom. The molecule has 0 aromatic carbocycles. The molecule has 1 rings (SSSR count). The molecule has 2 unspecified atom stereocenters. The Morgan fingerprint density at radius 3 is 0.949 bits per heavy atom. The van der Waals surface area contributed by atoms with Crippen molar-refractivity contribution in [3.63, 3.8) is 0 Å². The summed E-state index contributed by atoms with van der Waals surface area (Å²) in [5, 5.41) is 46.8. The number of carboxylic acid groups (broad SMARTS) is 3. The van der Waals surface area contributed by atoms with Crippen LogP contribution in [0.25, 0.3) is 0 Å². The summed E-state index contributed by atoms with van der Waals surface area (Å²) in [7, 11) is 0.318. The molecular formula is C36H41F27N6O10. The number of nitrogens with zero attached hydrogens (tertiary/aromatic N) is 6. The average Bonchev–Trinajstić information content (AvgIpc) is 3.28. The molecule has 1 aliphatic heterocycles. The zero-order chi connectivity index (χ0) is 62.9. The van der Waals surface area contributed by atoms with Gasteiger partial charge in [0, 0.05) is 59.4 Å². The quantitative estimate of drug-likeness (QED) is 0.0625. The molecule has 2 atom stereocenters. The van der Waals surface area contributed by atoms with E-state index >= 15 is 17.6 Å². The number of hydrogen-bond donors (Lipinski definition) is 5. The topological polar surface area (TPSA) is 206 Å². The molecule has 43 heteroatoms. The van der Waals surface area contributed by atoms with Gasteiger partial charge in [-0.2, -0.15) is 119 Å². The number of likely N-dealkylation sites (N-methyl/N-ethyl adjacent to an activating group) is 1. The van der Waals surface area contributed by atoms with Crippen molar-refractivity contribution in [1.82, 2.24) is 29.4 Å². The summed E-state index contributed by atoms with van der Waals surface area (Å²) < 4.78 is 383. The molecule has 0 bridgehead atoms. The highest BCUT2D eigenvalue weighted by Gasteiger charge is 3.00. The molecule has 1 aliphatic rings. The van der Waals surface area contributed by atoms with E-state index in [9.17, 15) is 145 Å². The van der Waals surface area contributed by atoms with Crippen molar-refractivity contribution in [2.24, 2.45) is 0 Å². The van der Waals surface area contributed by atoms with E-state index in [-0.39, 0.29) is 31.1 Å². The number of carbonyl (C=O) groups is 5. The van der Waals surface area contributed by atoms with E-state index in [1.165, 1.54) is 4.90 Å². The van der Waals surface area contributed by atoms with Gasteiger partial charge in [0.2, 0.25) is 11.8 Å². The minimum absolute atomic E-state index is 0.174. The number of aliphatic carboxylic acids is 3. The number of hydrogen-bond acceptors (Lipinski definition) is 11. The first-order chi connectivity index (χ1) is 34.9. The second-order valence-electron chi connectivity index (χ2n) is 17.1. The fourth-order valence-electron chi connectivity index (χ4n) is 6.78. The number of carbonyl (C=O) groups excluding carboxylic acids is 2. The van der Waals surface area contributed by atoms with Crippen LogP contribution in [0.1, 0.15) is 6.92 Å². The van der Waals surface area contributed by atoms with Gasteiger partial charge in [0.05, 0.1) is 51.5 Å². The predicted octanol–water partition coefficient (Wildman–Crippen LogP) is 4.63. The number of halogens is 27. The van der Waals surface area contributed by atoms with Crippen molar-refractivity contribution in [1.29, 1.82) is 0 Å². The minimum atomic E-state index is -10.0. The van der Waals surface area contributed by atoms with E-state index in [1.807, 2.05) is 0 Å². The van der Waals surface area contributed by atoms with Gasteiger partial charge in [-0.1, -0.05) is 0 Å². The lowest BCUT2D eigenvalue weighted by Crippen LogP contribution is -2.79. The molecule has 0 saturated carbocycles. The first kappa shape index (κ1) is 72.2. The Morgan fingerprint density at radius 1 is 0.443 bits per heavy atom.